The van der Waals surface area contributed by atoms with E-state index in [-0.39, 0.29) is 29.9 Å². The highest BCUT2D eigenvalue weighted by molar-refractivity contribution is 6.03. The summed E-state index contributed by atoms with van der Waals surface area (Å²) in [5, 5.41) is 2.48. The second-order valence-electron chi connectivity index (χ2n) is 5.00. The Bertz CT molecular complexity index is 584. The molecule has 0 aliphatic carbocycles. The van der Waals surface area contributed by atoms with E-state index in [0.29, 0.717) is 12.6 Å². The smallest absolute Gasteiger partial charge is 0.255 e. The predicted octanol–water partition coefficient (Wildman–Crippen LogP) is 0.973. The zero-order chi connectivity index (χ0) is 16.7. The zero-order valence-corrected chi connectivity index (χ0v) is 13.0. The average Bonchev–Trinajstić information content (AvgIpc) is 2.53. The molecule has 1 rings (SSSR count). The van der Waals surface area contributed by atoms with Crippen molar-refractivity contribution in [2.75, 3.05) is 14.1 Å². The van der Waals surface area contributed by atoms with Crippen LogP contribution in [-0.2, 0) is 9.59 Å². The van der Waals surface area contributed by atoms with Gasteiger partial charge in [-0.1, -0.05) is 11.6 Å². The Morgan fingerprint density at radius 2 is 2.00 bits per heavy atom. The van der Waals surface area contributed by atoms with E-state index in [1.54, 1.807) is 18.2 Å². The lowest BCUT2D eigenvalue weighted by Crippen LogP contribution is -2.47. The SMILES string of the molecule is CNC(=O)C(CCC=O)N(C)C(=O)c1ccc(C)cc1C=O. The number of hydrogen-bond donors (Lipinski definition) is 1. The molecule has 0 spiro atoms. The van der Waals surface area contributed by atoms with Gasteiger partial charge in [0.25, 0.3) is 5.91 Å². The summed E-state index contributed by atoms with van der Waals surface area (Å²) in [6.45, 7) is 1.82. The molecule has 6 heteroatoms. The molecule has 1 N–H and O–H groups in total. The molecule has 0 aliphatic rings. The second-order valence-corrected chi connectivity index (χ2v) is 5.00. The number of nitrogens with zero attached hydrogens (tertiary/aromatic N) is 1. The van der Waals surface area contributed by atoms with Crippen LogP contribution >= 0.6 is 0 Å². The van der Waals surface area contributed by atoms with Crippen LogP contribution in [0, 0.1) is 6.92 Å². The van der Waals surface area contributed by atoms with E-state index in [4.69, 9.17) is 0 Å². The summed E-state index contributed by atoms with van der Waals surface area (Å²) in [5.41, 5.74) is 1.39. The van der Waals surface area contributed by atoms with Gasteiger partial charge in [-0.25, -0.2) is 0 Å². The molecule has 22 heavy (non-hydrogen) atoms. The number of amides is 2. The summed E-state index contributed by atoms with van der Waals surface area (Å²) >= 11 is 0. The fraction of sp³-hybridized carbons (Fsp3) is 0.375. The number of nitrogens with one attached hydrogen (secondary N) is 1. The van der Waals surface area contributed by atoms with Crippen LogP contribution in [0.5, 0.6) is 0 Å². The average molecular weight is 304 g/mol. The first-order chi connectivity index (χ1) is 10.5. The maximum absolute atomic E-state index is 12.6. The topological polar surface area (TPSA) is 83.6 Å². The molecule has 0 radical (unpaired) electrons. The Labute approximate surface area is 129 Å². The van der Waals surface area contributed by atoms with Crippen LogP contribution in [0.3, 0.4) is 0 Å². The van der Waals surface area contributed by atoms with Gasteiger partial charge in [-0.2, -0.15) is 0 Å². The summed E-state index contributed by atoms with van der Waals surface area (Å²) < 4.78 is 0. The minimum Gasteiger partial charge on any atom is -0.357 e. The van der Waals surface area contributed by atoms with Crippen molar-refractivity contribution in [2.24, 2.45) is 0 Å². The fourth-order valence-corrected chi connectivity index (χ4v) is 2.20. The third-order valence-corrected chi connectivity index (χ3v) is 3.46. The maximum Gasteiger partial charge on any atom is 0.255 e. The van der Waals surface area contributed by atoms with E-state index in [0.717, 1.165) is 5.56 Å². The van der Waals surface area contributed by atoms with Gasteiger partial charge < -0.3 is 15.0 Å². The number of hydrogen-bond acceptors (Lipinski definition) is 4. The van der Waals surface area contributed by atoms with Crippen LogP contribution in [-0.4, -0.2) is 49.4 Å². The Morgan fingerprint density at radius 3 is 2.55 bits per heavy atom. The van der Waals surface area contributed by atoms with Gasteiger partial charge in [0.15, 0.2) is 6.29 Å². The van der Waals surface area contributed by atoms with Crippen LogP contribution in [0.4, 0.5) is 0 Å². The first-order valence-corrected chi connectivity index (χ1v) is 6.94. The van der Waals surface area contributed by atoms with Crippen LogP contribution < -0.4 is 5.32 Å². The van der Waals surface area contributed by atoms with Gasteiger partial charge in [0.2, 0.25) is 5.91 Å². The fourth-order valence-electron chi connectivity index (χ4n) is 2.20. The summed E-state index contributed by atoms with van der Waals surface area (Å²) in [7, 11) is 2.96. The largest absolute Gasteiger partial charge is 0.357 e. The highest BCUT2D eigenvalue weighted by Gasteiger charge is 2.27. The van der Waals surface area contributed by atoms with E-state index < -0.39 is 11.9 Å². The van der Waals surface area contributed by atoms with Gasteiger partial charge in [-0.15, -0.1) is 0 Å². The zero-order valence-electron chi connectivity index (χ0n) is 13.0. The van der Waals surface area contributed by atoms with Crippen molar-refractivity contribution in [3.05, 3.63) is 34.9 Å². The Hall–Kier alpha value is -2.50. The normalized spacial score (nSPS) is 11.4. The standard InChI is InChI=1S/C16H20N2O4/c1-11-6-7-13(12(9-11)10-20)16(22)18(3)14(5-4-8-19)15(21)17-2/h6-10,14H,4-5H2,1-3H3,(H,17,21). The molecule has 0 saturated carbocycles. The van der Waals surface area contributed by atoms with Gasteiger partial charge in [0.1, 0.15) is 12.3 Å². The van der Waals surface area contributed by atoms with Gasteiger partial charge in [0.05, 0.1) is 5.56 Å². The third-order valence-electron chi connectivity index (χ3n) is 3.46. The molecule has 0 aliphatic heterocycles. The van der Waals surface area contributed by atoms with Crippen molar-refractivity contribution in [3.8, 4) is 0 Å². The first-order valence-electron chi connectivity index (χ1n) is 6.94. The number of carbonyl (C=O) groups excluding carboxylic acids is 4. The molecule has 0 aromatic heterocycles. The monoisotopic (exact) mass is 304 g/mol. The quantitative estimate of drug-likeness (QED) is 0.761. The summed E-state index contributed by atoms with van der Waals surface area (Å²) in [6.07, 6.45) is 1.73. The van der Waals surface area contributed by atoms with E-state index in [9.17, 15) is 19.2 Å². The van der Waals surface area contributed by atoms with Gasteiger partial charge in [0, 0.05) is 26.1 Å². The lowest BCUT2D eigenvalue weighted by atomic mass is 10.0. The van der Waals surface area contributed by atoms with Crippen LogP contribution in [0.1, 0.15) is 39.1 Å². The summed E-state index contributed by atoms with van der Waals surface area (Å²) in [4.78, 5) is 47.4. The molecule has 2 amide bonds. The highest BCUT2D eigenvalue weighted by atomic mass is 16.2. The van der Waals surface area contributed by atoms with Crippen molar-refractivity contribution in [1.29, 1.82) is 0 Å². The molecule has 1 atom stereocenters. The minimum absolute atomic E-state index is 0.171. The van der Waals surface area contributed by atoms with E-state index in [1.807, 2.05) is 6.92 Å². The van der Waals surface area contributed by atoms with Crippen molar-refractivity contribution >= 4 is 24.4 Å². The summed E-state index contributed by atoms with van der Waals surface area (Å²) in [6, 6.07) is 4.16. The molecule has 0 bridgehead atoms. The van der Waals surface area contributed by atoms with E-state index >= 15 is 0 Å². The van der Waals surface area contributed by atoms with Crippen molar-refractivity contribution in [1.82, 2.24) is 10.2 Å². The van der Waals surface area contributed by atoms with Crippen molar-refractivity contribution < 1.29 is 19.2 Å². The van der Waals surface area contributed by atoms with Gasteiger partial charge in [-0.3, -0.25) is 14.4 Å². The molecule has 0 heterocycles. The Kier molecular flexibility index (Phi) is 6.44. The van der Waals surface area contributed by atoms with Crippen LogP contribution in [0.2, 0.25) is 0 Å². The maximum atomic E-state index is 12.6. The molecule has 1 aromatic rings. The molecule has 1 aromatic carbocycles. The number of benzene rings is 1. The molecular weight excluding hydrogens is 284 g/mol. The van der Waals surface area contributed by atoms with Gasteiger partial charge in [-0.05, 0) is 25.5 Å². The number of rotatable bonds is 7. The van der Waals surface area contributed by atoms with Crippen LogP contribution in [0.15, 0.2) is 18.2 Å². The highest BCUT2D eigenvalue weighted by Crippen LogP contribution is 2.15. The molecule has 0 fully saturated rings. The molecule has 118 valence electrons. The number of aldehydes is 2. The van der Waals surface area contributed by atoms with Crippen molar-refractivity contribution in [2.45, 2.75) is 25.8 Å². The van der Waals surface area contributed by atoms with Gasteiger partial charge >= 0.3 is 0 Å². The molecule has 6 nitrogen and oxygen atoms in total. The van der Waals surface area contributed by atoms with E-state index in [1.165, 1.54) is 19.0 Å². The summed E-state index contributed by atoms with van der Waals surface area (Å²) in [5.74, 6) is -0.779. The minimum atomic E-state index is -0.761. The first kappa shape index (κ1) is 17.6. The molecule has 0 saturated heterocycles. The lowest BCUT2D eigenvalue weighted by molar-refractivity contribution is -0.125. The molecular formula is C16H20N2O4. The molecule has 1 unspecified atom stereocenters. The predicted molar refractivity (Wildman–Crippen MR) is 81.8 cm³/mol. The number of likely N-dealkylation sites (N-methyl/N-ethyl adjacent to an activating group) is 2. The second kappa shape index (κ2) is 8.07. The van der Waals surface area contributed by atoms with Crippen LogP contribution in [0.25, 0.3) is 0 Å². The number of aryl methyl sites for hydroxylation is 1. The Morgan fingerprint density at radius 1 is 1.32 bits per heavy atom. The number of carbonyl (C=O) groups is 4. The van der Waals surface area contributed by atoms with Crippen molar-refractivity contribution in [3.63, 3.8) is 0 Å². The Balaban J connectivity index is 3.10. The lowest BCUT2D eigenvalue weighted by Gasteiger charge is -2.27. The van der Waals surface area contributed by atoms with E-state index in [2.05, 4.69) is 5.32 Å². The third kappa shape index (κ3) is 4.00.